The molecule has 0 fully saturated rings. The molecule has 0 radical (unpaired) electrons. The first kappa shape index (κ1) is 18.4. The van der Waals surface area contributed by atoms with Crippen molar-refractivity contribution in [3.8, 4) is 11.4 Å². The highest BCUT2D eigenvalue weighted by Gasteiger charge is 2.23. The number of rotatable bonds is 3. The second kappa shape index (κ2) is 7.59. The summed E-state index contributed by atoms with van der Waals surface area (Å²) < 4.78 is 1.74. The minimum atomic E-state index is -0.151. The van der Waals surface area contributed by atoms with Gasteiger partial charge in [0.1, 0.15) is 0 Å². The monoisotopic (exact) mass is 396 g/mol. The number of amides is 2. The molecule has 4 rings (SSSR count). The van der Waals surface area contributed by atoms with Crippen molar-refractivity contribution in [2.45, 2.75) is 32.9 Å². The lowest BCUT2D eigenvalue weighted by molar-refractivity contribution is 0.206. The van der Waals surface area contributed by atoms with Crippen LogP contribution in [0.5, 0.6) is 0 Å². The molecule has 2 aromatic carbocycles. The minimum absolute atomic E-state index is 0.108. The van der Waals surface area contributed by atoms with Crippen LogP contribution in [0, 0.1) is 0 Å². The van der Waals surface area contributed by atoms with Gasteiger partial charge in [-0.05, 0) is 60.0 Å². The lowest BCUT2D eigenvalue weighted by Crippen LogP contribution is -2.39. The van der Waals surface area contributed by atoms with E-state index < -0.39 is 0 Å². The van der Waals surface area contributed by atoms with Crippen molar-refractivity contribution in [2.75, 3.05) is 11.9 Å². The quantitative estimate of drug-likeness (QED) is 0.721. The third-order valence-corrected chi connectivity index (χ3v) is 5.24. The van der Waals surface area contributed by atoms with Crippen LogP contribution >= 0.6 is 11.6 Å². The minimum Gasteiger partial charge on any atom is -0.320 e. The summed E-state index contributed by atoms with van der Waals surface area (Å²) in [7, 11) is 0. The number of nitrogens with zero attached hydrogens (tertiary/aromatic N) is 5. The molecule has 8 heteroatoms. The maximum Gasteiger partial charge on any atom is 0.322 e. The van der Waals surface area contributed by atoms with Gasteiger partial charge in [-0.2, -0.15) is 0 Å². The van der Waals surface area contributed by atoms with Crippen molar-refractivity contribution in [3.63, 3.8) is 0 Å². The third kappa shape index (κ3) is 3.45. The number of tetrazole rings is 1. The van der Waals surface area contributed by atoms with E-state index in [-0.39, 0.29) is 12.1 Å². The van der Waals surface area contributed by atoms with E-state index in [4.69, 9.17) is 11.6 Å². The highest BCUT2D eigenvalue weighted by Crippen LogP contribution is 2.29. The highest BCUT2D eigenvalue weighted by atomic mass is 35.5. The number of halogens is 1. The van der Waals surface area contributed by atoms with Crippen molar-refractivity contribution in [1.29, 1.82) is 0 Å². The first-order valence-corrected chi connectivity index (χ1v) is 9.62. The van der Waals surface area contributed by atoms with Crippen LogP contribution in [-0.4, -0.2) is 37.7 Å². The fraction of sp³-hybridized carbons (Fsp3) is 0.300. The molecule has 2 amide bonds. The summed E-state index contributed by atoms with van der Waals surface area (Å²) in [4.78, 5) is 14.7. The average molecular weight is 397 g/mol. The van der Waals surface area contributed by atoms with Crippen LogP contribution in [0.25, 0.3) is 11.4 Å². The predicted octanol–water partition coefficient (Wildman–Crippen LogP) is 4.16. The molecule has 1 aliphatic heterocycles. The summed E-state index contributed by atoms with van der Waals surface area (Å²) in [6, 6.07) is 13.4. The SMILES string of the molecule is CC(C)n1nnnc1-c1ccccc1NC(=O)N1CCc2c(Cl)cccc2C1. The second-order valence-electron chi connectivity index (χ2n) is 7.07. The fourth-order valence-electron chi connectivity index (χ4n) is 3.44. The van der Waals surface area contributed by atoms with Gasteiger partial charge in [-0.15, -0.1) is 5.10 Å². The molecule has 28 heavy (non-hydrogen) atoms. The van der Waals surface area contributed by atoms with Gasteiger partial charge in [0.25, 0.3) is 0 Å². The summed E-state index contributed by atoms with van der Waals surface area (Å²) in [5.74, 6) is 0.627. The lowest BCUT2D eigenvalue weighted by atomic mass is 10.00. The van der Waals surface area contributed by atoms with E-state index in [1.165, 1.54) is 0 Å². The molecule has 0 unspecified atom stereocenters. The number of benzene rings is 2. The van der Waals surface area contributed by atoms with Crippen LogP contribution < -0.4 is 5.32 Å². The summed E-state index contributed by atoms with van der Waals surface area (Å²) in [5.41, 5.74) is 3.69. The van der Waals surface area contributed by atoms with Gasteiger partial charge in [0.05, 0.1) is 11.7 Å². The van der Waals surface area contributed by atoms with Crippen LogP contribution in [0.4, 0.5) is 10.5 Å². The van der Waals surface area contributed by atoms with Gasteiger partial charge < -0.3 is 10.2 Å². The molecule has 1 aromatic heterocycles. The summed E-state index contributed by atoms with van der Waals surface area (Å²) in [5, 5.41) is 15.8. The Morgan fingerprint density at radius 2 is 2.00 bits per heavy atom. The van der Waals surface area contributed by atoms with Crippen molar-refractivity contribution >= 4 is 23.3 Å². The number of hydrogen-bond acceptors (Lipinski definition) is 4. The van der Waals surface area contributed by atoms with E-state index in [0.717, 1.165) is 28.1 Å². The van der Waals surface area contributed by atoms with Gasteiger partial charge in [0, 0.05) is 23.7 Å². The second-order valence-corrected chi connectivity index (χ2v) is 7.47. The Bertz CT molecular complexity index is 1020. The molecule has 0 aliphatic carbocycles. The standard InChI is InChI=1S/C20H21ClN6O/c1-13(2)27-19(23-24-25-27)16-7-3-4-9-18(16)22-20(28)26-11-10-15-14(12-26)6-5-8-17(15)21/h3-9,13H,10-12H2,1-2H3,(H,22,28). The topological polar surface area (TPSA) is 75.9 Å². The number of carbonyl (C=O) groups is 1. The molecule has 144 valence electrons. The Morgan fingerprint density at radius 1 is 1.18 bits per heavy atom. The van der Waals surface area contributed by atoms with Gasteiger partial charge in [-0.1, -0.05) is 35.9 Å². The first-order chi connectivity index (χ1) is 13.5. The Morgan fingerprint density at radius 3 is 2.82 bits per heavy atom. The number of nitrogens with one attached hydrogen (secondary N) is 1. The Labute approximate surface area is 168 Å². The van der Waals surface area contributed by atoms with E-state index >= 15 is 0 Å². The Kier molecular flexibility index (Phi) is 5.00. The number of hydrogen-bond donors (Lipinski definition) is 1. The maximum atomic E-state index is 12.9. The normalized spacial score (nSPS) is 13.5. The average Bonchev–Trinajstić information content (AvgIpc) is 3.18. The number of carbonyl (C=O) groups excluding carboxylic acids is 1. The van der Waals surface area contributed by atoms with Crippen LogP contribution in [0.2, 0.25) is 5.02 Å². The molecule has 0 saturated heterocycles. The lowest BCUT2D eigenvalue weighted by Gasteiger charge is -2.29. The number of anilines is 1. The maximum absolute atomic E-state index is 12.9. The molecular formula is C20H21ClN6O. The van der Waals surface area contributed by atoms with E-state index in [1.54, 1.807) is 9.58 Å². The molecule has 1 aliphatic rings. The van der Waals surface area contributed by atoms with Gasteiger partial charge in [-0.3, -0.25) is 0 Å². The molecule has 7 nitrogen and oxygen atoms in total. The van der Waals surface area contributed by atoms with Crippen molar-refractivity contribution in [2.24, 2.45) is 0 Å². The number of para-hydroxylation sites is 1. The number of aromatic nitrogens is 4. The molecule has 0 saturated carbocycles. The largest absolute Gasteiger partial charge is 0.322 e. The molecule has 2 heterocycles. The van der Waals surface area contributed by atoms with E-state index in [2.05, 4.69) is 20.8 Å². The summed E-state index contributed by atoms with van der Waals surface area (Å²) in [6.45, 7) is 5.18. The molecular weight excluding hydrogens is 376 g/mol. The molecule has 0 spiro atoms. The Balaban J connectivity index is 1.57. The number of urea groups is 1. The summed E-state index contributed by atoms with van der Waals surface area (Å²) in [6.07, 6.45) is 0.746. The first-order valence-electron chi connectivity index (χ1n) is 9.24. The predicted molar refractivity (Wildman–Crippen MR) is 108 cm³/mol. The molecule has 3 aromatic rings. The van der Waals surface area contributed by atoms with Crippen LogP contribution in [0.1, 0.15) is 31.0 Å². The van der Waals surface area contributed by atoms with Crippen LogP contribution in [-0.2, 0) is 13.0 Å². The van der Waals surface area contributed by atoms with Gasteiger partial charge in [0.2, 0.25) is 0 Å². The van der Waals surface area contributed by atoms with Crippen LogP contribution in [0.15, 0.2) is 42.5 Å². The van der Waals surface area contributed by atoms with Gasteiger partial charge in [0.15, 0.2) is 5.82 Å². The smallest absolute Gasteiger partial charge is 0.320 e. The van der Waals surface area contributed by atoms with Crippen molar-refractivity contribution in [3.05, 3.63) is 58.6 Å². The Hall–Kier alpha value is -2.93. The molecule has 0 atom stereocenters. The third-order valence-electron chi connectivity index (χ3n) is 4.89. The van der Waals surface area contributed by atoms with Crippen molar-refractivity contribution < 1.29 is 4.79 Å². The summed E-state index contributed by atoms with van der Waals surface area (Å²) >= 11 is 6.28. The van der Waals surface area contributed by atoms with Crippen molar-refractivity contribution in [1.82, 2.24) is 25.1 Å². The van der Waals surface area contributed by atoms with E-state index in [1.807, 2.05) is 56.3 Å². The van der Waals surface area contributed by atoms with E-state index in [0.29, 0.717) is 24.6 Å². The number of fused-ring (bicyclic) bond motifs is 1. The zero-order chi connectivity index (χ0) is 19.7. The zero-order valence-electron chi connectivity index (χ0n) is 15.8. The van der Waals surface area contributed by atoms with Gasteiger partial charge in [-0.25, -0.2) is 9.48 Å². The highest BCUT2D eigenvalue weighted by molar-refractivity contribution is 6.31. The zero-order valence-corrected chi connectivity index (χ0v) is 16.5. The molecule has 0 bridgehead atoms. The fourth-order valence-corrected chi connectivity index (χ4v) is 3.72. The van der Waals surface area contributed by atoms with Crippen LogP contribution in [0.3, 0.4) is 0 Å². The van der Waals surface area contributed by atoms with Gasteiger partial charge >= 0.3 is 6.03 Å². The molecule has 1 N–H and O–H groups in total. The van der Waals surface area contributed by atoms with E-state index in [9.17, 15) is 4.79 Å².